The fourth-order valence-corrected chi connectivity index (χ4v) is 0.825. The van der Waals surface area contributed by atoms with E-state index in [4.69, 9.17) is 13.6 Å². The molecule has 0 heterocycles. The summed E-state index contributed by atoms with van der Waals surface area (Å²) >= 11 is 0. The summed E-state index contributed by atoms with van der Waals surface area (Å²) in [6, 6.07) is 0. The Morgan fingerprint density at radius 3 is 2.14 bits per heavy atom. The van der Waals surface area contributed by atoms with Crippen LogP contribution in [0.2, 0.25) is 0 Å². The van der Waals surface area contributed by atoms with Crippen molar-refractivity contribution in [2.75, 3.05) is 0 Å². The molecule has 7 heavy (non-hydrogen) atoms. The molecule has 0 spiro atoms. The van der Waals surface area contributed by atoms with Crippen molar-refractivity contribution in [2.45, 2.75) is 25.2 Å². The maximum absolute atomic E-state index is 5.38. The lowest BCUT2D eigenvalue weighted by Crippen LogP contribution is -2.34. The minimum Gasteiger partial charge on any atom is -0.336 e. The van der Waals surface area contributed by atoms with Crippen LogP contribution >= 0.6 is 0 Å². The van der Waals surface area contributed by atoms with E-state index in [-0.39, 0.29) is 5.94 Å². The first-order valence-corrected chi connectivity index (χ1v) is 2.82. The molecule has 2 N–H and O–H groups in total. The molecule has 1 unspecified atom stereocenters. The van der Waals surface area contributed by atoms with Crippen molar-refractivity contribution in [1.29, 1.82) is 0 Å². The summed E-state index contributed by atoms with van der Waals surface area (Å²) in [6.07, 6.45) is 3.82. The Hall–Kier alpha value is 0.0249. The predicted molar refractivity (Wildman–Crippen MR) is 31.1 cm³/mol. The van der Waals surface area contributed by atoms with Crippen molar-refractivity contribution >= 4 is 7.85 Å². The Labute approximate surface area is 45.7 Å². The molecule has 38 valence electrons. The fourth-order valence-electron chi connectivity index (χ4n) is 0.825. The lowest BCUT2D eigenvalue weighted by molar-refractivity contribution is 0.305. The van der Waals surface area contributed by atoms with Gasteiger partial charge in [0.15, 0.2) is 0 Å². The zero-order chi connectivity index (χ0) is 5.28. The van der Waals surface area contributed by atoms with Gasteiger partial charge in [0.05, 0.1) is 7.85 Å². The molecule has 0 aliphatic heterocycles. The first-order chi connectivity index (χ1) is 3.30. The highest BCUT2D eigenvalue weighted by Crippen LogP contribution is 2.27. The normalized spacial score (nSPS) is 26.4. The zero-order valence-corrected chi connectivity index (χ0v) is 4.43. The SMILES string of the molecule is [B]C(N)C1CCC1. The minimum absolute atomic E-state index is 0.0475. The highest BCUT2D eigenvalue weighted by Gasteiger charge is 2.19. The average Bonchev–Trinajstić information content (AvgIpc) is 1.23. The second-order valence-corrected chi connectivity index (χ2v) is 2.27. The molecule has 1 saturated carbocycles. The van der Waals surface area contributed by atoms with Gasteiger partial charge in [0, 0.05) is 0 Å². The van der Waals surface area contributed by atoms with Gasteiger partial charge >= 0.3 is 0 Å². The van der Waals surface area contributed by atoms with Gasteiger partial charge in [-0.3, -0.25) is 0 Å². The van der Waals surface area contributed by atoms with Gasteiger partial charge in [0.1, 0.15) is 0 Å². The standard InChI is InChI=1S/C5H10BN/c6-5(7)4-2-1-3-4/h4-5H,1-3,7H2. The summed E-state index contributed by atoms with van der Waals surface area (Å²) in [6.45, 7) is 0. The molecule has 1 fully saturated rings. The van der Waals surface area contributed by atoms with E-state index in [1.165, 1.54) is 19.3 Å². The van der Waals surface area contributed by atoms with E-state index in [1.807, 2.05) is 0 Å². The summed E-state index contributed by atoms with van der Waals surface area (Å²) in [5.74, 6) is 0.591. The van der Waals surface area contributed by atoms with E-state index >= 15 is 0 Å². The van der Waals surface area contributed by atoms with Gasteiger partial charge in [0.2, 0.25) is 0 Å². The van der Waals surface area contributed by atoms with Gasteiger partial charge in [-0.2, -0.15) is 0 Å². The van der Waals surface area contributed by atoms with Gasteiger partial charge in [-0.1, -0.05) is 6.42 Å². The van der Waals surface area contributed by atoms with Gasteiger partial charge in [-0.25, -0.2) is 0 Å². The molecule has 1 aliphatic carbocycles. The maximum Gasteiger partial charge on any atom is 0.0906 e. The van der Waals surface area contributed by atoms with Crippen LogP contribution in [0.15, 0.2) is 0 Å². The highest BCUT2D eigenvalue weighted by atomic mass is 14.6. The summed E-state index contributed by atoms with van der Waals surface area (Å²) in [5, 5.41) is 0. The molecule has 2 heteroatoms. The maximum atomic E-state index is 5.38. The lowest BCUT2D eigenvalue weighted by Gasteiger charge is -2.28. The van der Waals surface area contributed by atoms with Crippen LogP contribution in [0, 0.1) is 5.92 Å². The fraction of sp³-hybridized carbons (Fsp3) is 1.00. The highest BCUT2D eigenvalue weighted by molar-refractivity contribution is 6.11. The first kappa shape index (κ1) is 5.17. The molecule has 2 radical (unpaired) electrons. The van der Waals surface area contributed by atoms with E-state index in [1.54, 1.807) is 0 Å². The first-order valence-electron chi connectivity index (χ1n) is 2.82. The van der Waals surface area contributed by atoms with E-state index < -0.39 is 0 Å². The number of hydrogen-bond acceptors (Lipinski definition) is 1. The van der Waals surface area contributed by atoms with E-state index in [0.717, 1.165) is 0 Å². The Kier molecular flexibility index (Phi) is 1.38. The Morgan fingerprint density at radius 2 is 2.14 bits per heavy atom. The van der Waals surface area contributed by atoms with E-state index in [2.05, 4.69) is 0 Å². The van der Waals surface area contributed by atoms with Crippen molar-refractivity contribution in [3.8, 4) is 0 Å². The van der Waals surface area contributed by atoms with Crippen LogP contribution in [-0.4, -0.2) is 13.8 Å². The molecular formula is C5H10BN. The Bertz CT molecular complexity index is 59.1. The zero-order valence-electron chi connectivity index (χ0n) is 4.43. The number of nitrogens with two attached hydrogens (primary N) is 1. The number of rotatable bonds is 1. The van der Waals surface area contributed by atoms with E-state index in [9.17, 15) is 0 Å². The molecular weight excluding hydrogens is 84.9 g/mol. The van der Waals surface area contributed by atoms with Crippen LogP contribution in [0.1, 0.15) is 19.3 Å². The third-order valence-corrected chi connectivity index (χ3v) is 1.69. The van der Waals surface area contributed by atoms with Crippen molar-refractivity contribution < 1.29 is 0 Å². The van der Waals surface area contributed by atoms with Crippen LogP contribution in [0.5, 0.6) is 0 Å². The molecule has 0 aromatic rings. The lowest BCUT2D eigenvalue weighted by atomic mass is 9.72. The predicted octanol–water partition coefficient (Wildman–Crippen LogP) is 0.240. The monoisotopic (exact) mass is 95.1 g/mol. The second-order valence-electron chi connectivity index (χ2n) is 2.27. The molecule has 0 bridgehead atoms. The molecule has 0 aromatic heterocycles. The molecule has 1 nitrogen and oxygen atoms in total. The van der Waals surface area contributed by atoms with Crippen LogP contribution in [0.25, 0.3) is 0 Å². The molecule has 0 saturated heterocycles. The van der Waals surface area contributed by atoms with Crippen LogP contribution in [-0.2, 0) is 0 Å². The third kappa shape index (κ3) is 0.971. The van der Waals surface area contributed by atoms with Crippen LogP contribution in [0.3, 0.4) is 0 Å². The number of hydrogen-bond donors (Lipinski definition) is 1. The summed E-state index contributed by atoms with van der Waals surface area (Å²) in [5.41, 5.74) is 5.38. The molecule has 0 aromatic carbocycles. The Balaban J connectivity index is 2.14. The molecule has 1 rings (SSSR count). The second kappa shape index (κ2) is 1.87. The average molecular weight is 95.0 g/mol. The summed E-state index contributed by atoms with van der Waals surface area (Å²) in [7, 11) is 5.38. The molecule has 0 amide bonds. The largest absolute Gasteiger partial charge is 0.336 e. The topological polar surface area (TPSA) is 26.0 Å². The minimum atomic E-state index is -0.0475. The quantitative estimate of drug-likeness (QED) is 0.464. The van der Waals surface area contributed by atoms with Gasteiger partial charge in [-0.15, -0.1) is 0 Å². The van der Waals surface area contributed by atoms with Gasteiger partial charge in [0.25, 0.3) is 0 Å². The summed E-state index contributed by atoms with van der Waals surface area (Å²) < 4.78 is 0. The summed E-state index contributed by atoms with van der Waals surface area (Å²) in [4.78, 5) is 0. The van der Waals surface area contributed by atoms with Crippen molar-refractivity contribution in [3.63, 3.8) is 0 Å². The molecule has 1 aliphatic rings. The Morgan fingerprint density at radius 1 is 1.57 bits per heavy atom. The van der Waals surface area contributed by atoms with Gasteiger partial charge < -0.3 is 5.73 Å². The third-order valence-electron chi connectivity index (χ3n) is 1.69. The van der Waals surface area contributed by atoms with Crippen molar-refractivity contribution in [3.05, 3.63) is 0 Å². The van der Waals surface area contributed by atoms with Crippen LogP contribution < -0.4 is 5.73 Å². The van der Waals surface area contributed by atoms with Gasteiger partial charge in [-0.05, 0) is 24.7 Å². The molecule has 1 atom stereocenters. The van der Waals surface area contributed by atoms with E-state index in [0.29, 0.717) is 5.92 Å². The smallest absolute Gasteiger partial charge is 0.0906 e. The van der Waals surface area contributed by atoms with Crippen molar-refractivity contribution in [2.24, 2.45) is 11.7 Å². The van der Waals surface area contributed by atoms with Crippen LogP contribution in [0.4, 0.5) is 0 Å². The van der Waals surface area contributed by atoms with Crippen molar-refractivity contribution in [1.82, 2.24) is 0 Å².